The fourth-order valence-electron chi connectivity index (χ4n) is 1.87. The number of sulfonamides is 1. The number of nitrogens with two attached hydrogens (primary N) is 1. The van der Waals surface area contributed by atoms with Crippen LogP contribution in [0, 0.1) is 11.8 Å². The Balaban J connectivity index is 2.86. The van der Waals surface area contributed by atoms with Gasteiger partial charge in [-0.15, -0.1) is 6.58 Å². The molecule has 0 bridgehead atoms. The van der Waals surface area contributed by atoms with Crippen molar-refractivity contribution in [2.45, 2.75) is 43.8 Å². The molecule has 1 rings (SSSR count). The van der Waals surface area contributed by atoms with Crippen molar-refractivity contribution in [3.63, 3.8) is 0 Å². The van der Waals surface area contributed by atoms with Crippen LogP contribution in [0.1, 0.15) is 20.8 Å². The minimum absolute atomic E-state index is 0.0591. The summed E-state index contributed by atoms with van der Waals surface area (Å²) in [5, 5.41) is 0.109. The molecule has 0 aliphatic carbocycles. The summed E-state index contributed by atoms with van der Waals surface area (Å²) in [4.78, 5) is 0.0844. The first-order valence-electron chi connectivity index (χ1n) is 8.48. The second kappa shape index (κ2) is 8.87. The number of rotatable bonds is 7. The van der Waals surface area contributed by atoms with Crippen LogP contribution in [0.15, 0.2) is 41.8 Å². The minimum atomic E-state index is -3.73. The third-order valence-corrected chi connectivity index (χ3v) is 10.9. The minimum Gasteiger partial charge on any atom is -0.406 e. The van der Waals surface area contributed by atoms with Crippen molar-refractivity contribution in [3.8, 4) is 11.8 Å². The highest BCUT2D eigenvalue weighted by Crippen LogP contribution is 2.36. The summed E-state index contributed by atoms with van der Waals surface area (Å²) in [5.41, 5.74) is 6.04. The molecule has 0 amide bonds. The lowest BCUT2D eigenvalue weighted by atomic mass is 10.2. The van der Waals surface area contributed by atoms with Crippen molar-refractivity contribution in [1.82, 2.24) is 4.31 Å². The van der Waals surface area contributed by atoms with Crippen LogP contribution in [0.5, 0.6) is 0 Å². The van der Waals surface area contributed by atoms with E-state index >= 15 is 0 Å². The van der Waals surface area contributed by atoms with E-state index in [9.17, 15) is 8.42 Å². The maximum absolute atomic E-state index is 12.8. The summed E-state index contributed by atoms with van der Waals surface area (Å²) in [6.45, 7) is 14.9. The molecule has 0 heterocycles. The molecule has 0 atom stereocenters. The van der Waals surface area contributed by atoms with Crippen LogP contribution in [-0.4, -0.2) is 40.7 Å². The molecule has 0 aromatic heterocycles. The summed E-state index contributed by atoms with van der Waals surface area (Å²) < 4.78 is 32.8. The summed E-state index contributed by atoms with van der Waals surface area (Å²) >= 11 is 0. The molecular formula is C19H30N2O3SSi. The molecule has 0 fully saturated rings. The third-order valence-electron chi connectivity index (χ3n) is 4.56. The number of nitrogen functional groups attached to an aromatic ring is 1. The van der Waals surface area contributed by atoms with Crippen molar-refractivity contribution in [2.24, 2.45) is 0 Å². The van der Waals surface area contributed by atoms with Gasteiger partial charge in [0.15, 0.2) is 8.32 Å². The molecule has 0 aliphatic heterocycles. The van der Waals surface area contributed by atoms with Gasteiger partial charge in [0.1, 0.15) is 4.90 Å². The van der Waals surface area contributed by atoms with E-state index in [2.05, 4.69) is 52.3 Å². The number of para-hydroxylation sites is 1. The van der Waals surface area contributed by atoms with Gasteiger partial charge in [-0.2, -0.15) is 4.31 Å². The van der Waals surface area contributed by atoms with Crippen molar-refractivity contribution in [1.29, 1.82) is 0 Å². The maximum atomic E-state index is 12.8. The van der Waals surface area contributed by atoms with Gasteiger partial charge in [-0.1, -0.05) is 50.8 Å². The average molecular weight is 395 g/mol. The number of anilines is 1. The highest BCUT2D eigenvalue weighted by Gasteiger charge is 2.36. The summed E-state index contributed by atoms with van der Waals surface area (Å²) in [5.74, 6) is 5.83. The van der Waals surface area contributed by atoms with Crippen LogP contribution < -0.4 is 5.73 Å². The number of hydrogen-bond acceptors (Lipinski definition) is 4. The molecule has 1 aromatic carbocycles. The topological polar surface area (TPSA) is 72.6 Å². The van der Waals surface area contributed by atoms with Crippen LogP contribution in [0.4, 0.5) is 5.69 Å². The van der Waals surface area contributed by atoms with E-state index in [0.717, 1.165) is 0 Å². The van der Waals surface area contributed by atoms with Crippen LogP contribution in [0.2, 0.25) is 18.1 Å². The first-order valence-corrected chi connectivity index (χ1v) is 12.8. The summed E-state index contributed by atoms with van der Waals surface area (Å²) in [6.07, 6.45) is 1.53. The molecule has 0 saturated carbocycles. The molecule has 0 aliphatic rings. The third kappa shape index (κ3) is 5.71. The second-order valence-corrected chi connectivity index (χ2v) is 14.2. The van der Waals surface area contributed by atoms with E-state index in [4.69, 9.17) is 10.2 Å². The smallest absolute Gasteiger partial charge is 0.246 e. The zero-order chi connectivity index (χ0) is 20.0. The average Bonchev–Trinajstić information content (AvgIpc) is 2.52. The SMILES string of the molecule is C=CCN(CC#CCO[Si](C)(C)C(C)(C)C)S(=O)(=O)c1ccccc1N. The number of benzene rings is 1. The lowest BCUT2D eigenvalue weighted by Gasteiger charge is -2.35. The van der Waals surface area contributed by atoms with Gasteiger partial charge in [0.05, 0.1) is 18.8 Å². The standard InChI is InChI=1S/C19H30N2O3SSi/c1-7-14-21(25(22,23)18-13-9-8-12-17(18)20)15-10-11-16-24-26(5,6)19(2,3)4/h7-9,12-13H,1,14-16,20H2,2-6H3. The van der Waals surface area contributed by atoms with Gasteiger partial charge in [-0.25, -0.2) is 8.42 Å². The van der Waals surface area contributed by atoms with E-state index < -0.39 is 18.3 Å². The number of nitrogens with zero attached hydrogens (tertiary/aromatic N) is 1. The van der Waals surface area contributed by atoms with Gasteiger partial charge < -0.3 is 10.2 Å². The largest absolute Gasteiger partial charge is 0.406 e. The Morgan fingerprint density at radius 1 is 1.27 bits per heavy atom. The van der Waals surface area contributed by atoms with E-state index in [1.165, 1.54) is 16.4 Å². The lowest BCUT2D eigenvalue weighted by Crippen LogP contribution is -2.40. The Kier molecular flexibility index (Phi) is 7.65. The van der Waals surface area contributed by atoms with Gasteiger partial charge in [-0.05, 0) is 30.3 Å². The van der Waals surface area contributed by atoms with Crippen LogP contribution in [-0.2, 0) is 14.4 Å². The zero-order valence-electron chi connectivity index (χ0n) is 16.4. The van der Waals surface area contributed by atoms with Crippen LogP contribution in [0.3, 0.4) is 0 Å². The summed E-state index contributed by atoms with van der Waals surface area (Å²) in [6, 6.07) is 6.41. The predicted octanol–water partition coefficient (Wildman–Crippen LogP) is 3.47. The molecule has 144 valence electrons. The normalized spacial score (nSPS) is 12.5. The van der Waals surface area contributed by atoms with Crippen molar-refractivity contribution in [3.05, 3.63) is 36.9 Å². The molecule has 26 heavy (non-hydrogen) atoms. The number of hydrogen-bond donors (Lipinski definition) is 1. The van der Waals surface area contributed by atoms with Gasteiger partial charge in [0.2, 0.25) is 10.0 Å². The first-order chi connectivity index (χ1) is 11.9. The Bertz CT molecular complexity index is 787. The van der Waals surface area contributed by atoms with Crippen LogP contribution >= 0.6 is 0 Å². The molecule has 0 saturated heterocycles. The molecule has 0 spiro atoms. The van der Waals surface area contributed by atoms with Gasteiger partial charge in [-0.3, -0.25) is 0 Å². The Morgan fingerprint density at radius 2 is 1.88 bits per heavy atom. The molecule has 0 unspecified atom stereocenters. The Hall–Kier alpha value is -1.59. The monoisotopic (exact) mass is 394 g/mol. The lowest BCUT2D eigenvalue weighted by molar-refractivity contribution is 0.334. The van der Waals surface area contributed by atoms with E-state index in [-0.39, 0.29) is 28.7 Å². The molecule has 1 aromatic rings. The zero-order valence-corrected chi connectivity index (χ0v) is 18.2. The predicted molar refractivity (Wildman–Crippen MR) is 111 cm³/mol. The van der Waals surface area contributed by atoms with E-state index in [0.29, 0.717) is 6.61 Å². The highest BCUT2D eigenvalue weighted by molar-refractivity contribution is 7.89. The van der Waals surface area contributed by atoms with Crippen molar-refractivity contribution >= 4 is 24.0 Å². The quantitative estimate of drug-likeness (QED) is 0.333. The van der Waals surface area contributed by atoms with E-state index in [1.807, 2.05) is 0 Å². The Labute approximate surface area is 159 Å². The fourth-order valence-corrected chi connectivity index (χ4v) is 4.17. The molecule has 0 radical (unpaired) electrons. The maximum Gasteiger partial charge on any atom is 0.246 e. The van der Waals surface area contributed by atoms with Gasteiger partial charge in [0.25, 0.3) is 0 Å². The van der Waals surface area contributed by atoms with Gasteiger partial charge >= 0.3 is 0 Å². The van der Waals surface area contributed by atoms with Crippen molar-refractivity contribution < 1.29 is 12.8 Å². The molecule has 7 heteroatoms. The molecule has 2 N–H and O–H groups in total. The second-order valence-electron chi connectivity index (χ2n) is 7.53. The summed E-state index contributed by atoms with van der Waals surface area (Å²) in [7, 11) is -5.59. The van der Waals surface area contributed by atoms with Gasteiger partial charge in [0, 0.05) is 6.54 Å². The first kappa shape index (κ1) is 22.4. The fraction of sp³-hybridized carbons (Fsp3) is 0.474. The molecular weight excluding hydrogens is 364 g/mol. The van der Waals surface area contributed by atoms with E-state index in [1.54, 1.807) is 18.2 Å². The molecule has 5 nitrogen and oxygen atoms in total. The highest BCUT2D eigenvalue weighted by atomic mass is 32.2. The van der Waals surface area contributed by atoms with Crippen molar-refractivity contribution in [2.75, 3.05) is 25.4 Å². The van der Waals surface area contributed by atoms with Crippen LogP contribution in [0.25, 0.3) is 0 Å². The Morgan fingerprint density at radius 3 is 2.42 bits per heavy atom.